The van der Waals surface area contributed by atoms with Crippen LogP contribution in [0.15, 0.2) is 11.4 Å². The summed E-state index contributed by atoms with van der Waals surface area (Å²) in [5.74, 6) is 1.39. The van der Waals surface area contributed by atoms with E-state index < -0.39 is 0 Å². The smallest absolute Gasteiger partial charge is 0.270 e. The highest BCUT2D eigenvalue weighted by molar-refractivity contribution is 7.14. The van der Waals surface area contributed by atoms with Gasteiger partial charge in [-0.05, 0) is 52.6 Å². The Labute approximate surface area is 209 Å². The highest BCUT2D eigenvalue weighted by atomic mass is 32.1. The maximum absolute atomic E-state index is 12.6. The number of piperidine rings is 1. The number of carbonyl (C=O) groups excluding carboxylic acids is 1. The van der Waals surface area contributed by atoms with E-state index in [-0.39, 0.29) is 11.8 Å². The Balaban J connectivity index is 1.36. The number of carbonyl (C=O) groups is 1. The van der Waals surface area contributed by atoms with E-state index in [1.54, 1.807) is 5.38 Å². The van der Waals surface area contributed by atoms with Gasteiger partial charge in [0, 0.05) is 36.1 Å². The summed E-state index contributed by atoms with van der Waals surface area (Å²) in [5.41, 5.74) is 4.64. The molecule has 2 N–H and O–H groups in total. The zero-order valence-corrected chi connectivity index (χ0v) is 21.4. The number of anilines is 2. The van der Waals surface area contributed by atoms with Gasteiger partial charge in [-0.15, -0.1) is 11.3 Å². The van der Waals surface area contributed by atoms with Crippen molar-refractivity contribution < 1.29 is 4.79 Å². The lowest BCUT2D eigenvalue weighted by molar-refractivity contribution is 0.0947. The minimum Gasteiger partial charge on any atom is -0.349 e. The van der Waals surface area contributed by atoms with Crippen molar-refractivity contribution in [2.45, 2.75) is 53.0 Å². The molecule has 3 aromatic rings. The molecular weight excluding hydrogens is 462 g/mol. The Morgan fingerprint density at radius 3 is 2.83 bits per heavy atom. The van der Waals surface area contributed by atoms with E-state index >= 15 is 0 Å². The molecular formula is C24H31N9OS. The fourth-order valence-electron chi connectivity index (χ4n) is 4.32. The second-order valence-corrected chi connectivity index (χ2v) is 9.75. The van der Waals surface area contributed by atoms with Crippen molar-refractivity contribution in [1.29, 1.82) is 5.26 Å². The summed E-state index contributed by atoms with van der Waals surface area (Å²) in [6.45, 7) is 11.2. The SMILES string of the molecule is Cc1nc(Nc2nc(C(=O)NCCn3nc(C)c(C)c3C)cs2)cc([C@H]2CCCN(CC#N)C2)n1. The van der Waals surface area contributed by atoms with Crippen molar-refractivity contribution >= 4 is 28.2 Å². The minimum atomic E-state index is -0.216. The number of aromatic nitrogens is 5. The van der Waals surface area contributed by atoms with Gasteiger partial charge in [-0.3, -0.25) is 14.4 Å². The largest absolute Gasteiger partial charge is 0.349 e. The van der Waals surface area contributed by atoms with Gasteiger partial charge >= 0.3 is 0 Å². The molecule has 1 aliphatic heterocycles. The Morgan fingerprint density at radius 2 is 2.09 bits per heavy atom. The lowest BCUT2D eigenvalue weighted by Crippen LogP contribution is -2.35. The quantitative estimate of drug-likeness (QED) is 0.458. The van der Waals surface area contributed by atoms with Gasteiger partial charge in [-0.1, -0.05) is 0 Å². The number of hydrogen-bond donors (Lipinski definition) is 2. The Kier molecular flexibility index (Phi) is 7.73. The molecule has 1 saturated heterocycles. The molecule has 4 rings (SSSR count). The average Bonchev–Trinajstić information content (AvgIpc) is 3.39. The number of nitrogens with zero attached hydrogens (tertiary/aromatic N) is 7. The molecule has 35 heavy (non-hydrogen) atoms. The second-order valence-electron chi connectivity index (χ2n) is 8.90. The normalized spacial score (nSPS) is 16.1. The lowest BCUT2D eigenvalue weighted by Gasteiger charge is -2.30. The first-order valence-corrected chi connectivity index (χ1v) is 12.7. The third-order valence-electron chi connectivity index (χ3n) is 6.40. The third-order valence-corrected chi connectivity index (χ3v) is 7.16. The molecule has 10 nitrogen and oxygen atoms in total. The summed E-state index contributed by atoms with van der Waals surface area (Å²) in [7, 11) is 0. The van der Waals surface area contributed by atoms with Crippen LogP contribution in [0.3, 0.4) is 0 Å². The second kappa shape index (κ2) is 10.9. The monoisotopic (exact) mass is 493 g/mol. The number of likely N-dealkylation sites (tertiary alicyclic amines) is 1. The zero-order valence-electron chi connectivity index (χ0n) is 20.6. The number of thiazole rings is 1. The first-order valence-electron chi connectivity index (χ1n) is 11.8. The van der Waals surface area contributed by atoms with Crippen LogP contribution in [0.2, 0.25) is 0 Å². The molecule has 4 heterocycles. The summed E-state index contributed by atoms with van der Waals surface area (Å²) >= 11 is 1.36. The number of amides is 1. The van der Waals surface area contributed by atoms with Crippen LogP contribution < -0.4 is 10.6 Å². The van der Waals surface area contributed by atoms with Gasteiger partial charge in [-0.25, -0.2) is 15.0 Å². The van der Waals surface area contributed by atoms with Crippen LogP contribution in [0.25, 0.3) is 0 Å². The van der Waals surface area contributed by atoms with Gasteiger partial charge in [0.2, 0.25) is 0 Å². The van der Waals surface area contributed by atoms with Gasteiger partial charge in [0.05, 0.1) is 30.5 Å². The summed E-state index contributed by atoms with van der Waals surface area (Å²) in [6, 6.07) is 4.19. The van der Waals surface area contributed by atoms with Gasteiger partial charge in [-0.2, -0.15) is 10.4 Å². The molecule has 0 saturated carbocycles. The predicted molar refractivity (Wildman–Crippen MR) is 135 cm³/mol. The fraction of sp³-hybridized carbons (Fsp3) is 0.500. The molecule has 0 aliphatic carbocycles. The maximum Gasteiger partial charge on any atom is 0.270 e. The molecule has 1 fully saturated rings. The van der Waals surface area contributed by atoms with E-state index in [1.807, 2.05) is 31.5 Å². The van der Waals surface area contributed by atoms with Crippen LogP contribution >= 0.6 is 11.3 Å². The summed E-state index contributed by atoms with van der Waals surface area (Å²) < 4.78 is 1.92. The van der Waals surface area contributed by atoms with Crippen molar-refractivity contribution in [2.24, 2.45) is 0 Å². The van der Waals surface area contributed by atoms with Crippen molar-refractivity contribution in [3.8, 4) is 6.07 Å². The molecule has 184 valence electrons. The molecule has 11 heteroatoms. The molecule has 0 radical (unpaired) electrons. The molecule has 0 spiro atoms. The van der Waals surface area contributed by atoms with E-state index in [4.69, 9.17) is 5.26 Å². The van der Waals surface area contributed by atoms with Crippen LogP contribution in [0.4, 0.5) is 10.9 Å². The molecule has 1 aliphatic rings. The first-order chi connectivity index (χ1) is 16.8. The Hall–Kier alpha value is -3.36. The summed E-state index contributed by atoms with van der Waals surface area (Å²) in [5, 5.41) is 22.0. The number of nitriles is 1. The fourth-order valence-corrected chi connectivity index (χ4v) is 5.02. The lowest BCUT2D eigenvalue weighted by atomic mass is 9.94. The van der Waals surface area contributed by atoms with E-state index in [0.717, 1.165) is 43.0 Å². The number of aryl methyl sites for hydroxylation is 2. The zero-order chi connectivity index (χ0) is 24.9. The van der Waals surface area contributed by atoms with Crippen molar-refractivity contribution in [2.75, 3.05) is 31.5 Å². The van der Waals surface area contributed by atoms with Gasteiger partial charge in [0.15, 0.2) is 5.13 Å². The van der Waals surface area contributed by atoms with Crippen LogP contribution in [0.1, 0.15) is 57.7 Å². The number of nitrogens with one attached hydrogen (secondary N) is 2. The van der Waals surface area contributed by atoms with Crippen LogP contribution in [-0.2, 0) is 6.54 Å². The van der Waals surface area contributed by atoms with E-state index in [1.165, 1.54) is 16.9 Å². The minimum absolute atomic E-state index is 0.216. The number of rotatable bonds is 8. The molecule has 1 atom stereocenters. The summed E-state index contributed by atoms with van der Waals surface area (Å²) in [4.78, 5) is 28.3. The molecule has 3 aromatic heterocycles. The van der Waals surface area contributed by atoms with Crippen LogP contribution in [0.5, 0.6) is 0 Å². The Morgan fingerprint density at radius 1 is 1.26 bits per heavy atom. The molecule has 0 unspecified atom stereocenters. The molecule has 0 bridgehead atoms. The van der Waals surface area contributed by atoms with E-state index in [2.05, 4.69) is 48.6 Å². The molecule has 0 aromatic carbocycles. The van der Waals surface area contributed by atoms with Gasteiger partial charge in [0.1, 0.15) is 17.3 Å². The van der Waals surface area contributed by atoms with Crippen LogP contribution in [0, 0.1) is 39.0 Å². The van der Waals surface area contributed by atoms with Gasteiger partial charge in [0.25, 0.3) is 5.91 Å². The highest BCUT2D eigenvalue weighted by Gasteiger charge is 2.23. The number of hydrogen-bond acceptors (Lipinski definition) is 9. The predicted octanol–water partition coefficient (Wildman–Crippen LogP) is 3.24. The van der Waals surface area contributed by atoms with Crippen molar-refractivity contribution in [3.63, 3.8) is 0 Å². The van der Waals surface area contributed by atoms with Crippen molar-refractivity contribution in [1.82, 2.24) is 34.9 Å². The Bertz CT molecular complexity index is 1240. The van der Waals surface area contributed by atoms with E-state index in [0.29, 0.717) is 42.1 Å². The maximum atomic E-state index is 12.6. The topological polar surface area (TPSA) is 125 Å². The van der Waals surface area contributed by atoms with Gasteiger partial charge < -0.3 is 10.6 Å². The average molecular weight is 494 g/mol. The molecule has 1 amide bonds. The van der Waals surface area contributed by atoms with Crippen LogP contribution in [-0.4, -0.2) is 61.7 Å². The third kappa shape index (κ3) is 6.01. The standard InChI is InChI=1S/C24H31N9OS/c1-15-16(2)31-33(17(15)3)11-8-26-23(34)21-14-35-24(29-21)30-22-12-20(27-18(4)28-22)19-6-5-9-32(13-19)10-7-25/h12,14,19H,5-6,8-11,13H2,1-4H3,(H,26,34)(H,27,28,29,30)/t19-/m0/s1. The van der Waals surface area contributed by atoms with Crippen molar-refractivity contribution in [3.05, 3.63) is 45.6 Å². The summed E-state index contributed by atoms with van der Waals surface area (Å²) in [6.07, 6.45) is 2.08. The highest BCUT2D eigenvalue weighted by Crippen LogP contribution is 2.28. The first kappa shape index (κ1) is 24.8. The van der Waals surface area contributed by atoms with E-state index in [9.17, 15) is 4.79 Å².